The molecule has 0 saturated carbocycles. The third-order valence-electron chi connectivity index (χ3n) is 6.51. The minimum atomic E-state index is -1.45. The summed E-state index contributed by atoms with van der Waals surface area (Å²) < 4.78 is 0. The molecule has 2 aliphatic rings. The molecule has 1 N–H and O–H groups in total. The molecule has 4 rings (SSSR count). The van der Waals surface area contributed by atoms with Crippen LogP contribution in [0, 0.1) is 11.3 Å². The number of benzene rings is 2. The number of hydrogen-bond donors (Lipinski definition) is 1. The van der Waals surface area contributed by atoms with Crippen molar-refractivity contribution in [2.75, 3.05) is 25.0 Å². The SMILES string of the molecule is CN1C(=O)N(c2cc(Cl)cc(Cl)c2)C(=O)[C@]12CN(C(=O)CCC(=O)O)CC2c1ccc(C#N)cc1. The second-order valence-corrected chi connectivity index (χ2v) is 9.36. The summed E-state index contributed by atoms with van der Waals surface area (Å²) in [6.45, 7) is -0.0140. The molecule has 2 heterocycles. The van der Waals surface area contributed by atoms with Gasteiger partial charge in [-0.3, -0.25) is 14.4 Å². The van der Waals surface area contributed by atoms with E-state index < -0.39 is 35.3 Å². The first-order valence-corrected chi connectivity index (χ1v) is 11.4. The second-order valence-electron chi connectivity index (χ2n) is 8.49. The molecule has 0 bridgehead atoms. The number of nitrogens with zero attached hydrogens (tertiary/aromatic N) is 4. The summed E-state index contributed by atoms with van der Waals surface area (Å²) in [7, 11) is 1.49. The third-order valence-corrected chi connectivity index (χ3v) is 6.95. The Balaban J connectivity index is 1.79. The van der Waals surface area contributed by atoms with Gasteiger partial charge in [-0.2, -0.15) is 5.26 Å². The highest BCUT2D eigenvalue weighted by Crippen LogP contribution is 2.46. The Morgan fingerprint density at radius 3 is 2.31 bits per heavy atom. The van der Waals surface area contributed by atoms with Crippen LogP contribution in [0.15, 0.2) is 42.5 Å². The van der Waals surface area contributed by atoms with Gasteiger partial charge in [-0.05, 0) is 35.9 Å². The maximum Gasteiger partial charge on any atom is 0.332 e. The molecule has 2 aromatic carbocycles. The van der Waals surface area contributed by atoms with Gasteiger partial charge >= 0.3 is 12.0 Å². The van der Waals surface area contributed by atoms with E-state index in [1.807, 2.05) is 6.07 Å². The number of halogens is 2. The van der Waals surface area contributed by atoms with E-state index in [0.717, 1.165) is 4.90 Å². The van der Waals surface area contributed by atoms with Gasteiger partial charge in [0.15, 0.2) is 0 Å². The highest BCUT2D eigenvalue weighted by molar-refractivity contribution is 6.35. The topological polar surface area (TPSA) is 122 Å². The minimum Gasteiger partial charge on any atom is -0.481 e. The van der Waals surface area contributed by atoms with Gasteiger partial charge in [0, 0.05) is 36.0 Å². The van der Waals surface area contributed by atoms with E-state index >= 15 is 0 Å². The van der Waals surface area contributed by atoms with Crippen molar-refractivity contribution in [2.24, 2.45) is 0 Å². The lowest BCUT2D eigenvalue weighted by Crippen LogP contribution is -2.54. The molecule has 35 heavy (non-hydrogen) atoms. The predicted octanol–water partition coefficient (Wildman–Crippen LogP) is 3.49. The van der Waals surface area contributed by atoms with Crippen LogP contribution in [0.2, 0.25) is 10.0 Å². The van der Waals surface area contributed by atoms with Crippen LogP contribution in [0.1, 0.15) is 29.9 Å². The van der Waals surface area contributed by atoms with Crippen LogP contribution in [0.4, 0.5) is 10.5 Å². The van der Waals surface area contributed by atoms with Gasteiger partial charge in [0.05, 0.1) is 30.3 Å². The van der Waals surface area contributed by atoms with Crippen molar-refractivity contribution in [1.82, 2.24) is 9.80 Å². The van der Waals surface area contributed by atoms with E-state index in [4.69, 9.17) is 33.6 Å². The Morgan fingerprint density at radius 2 is 1.74 bits per heavy atom. The largest absolute Gasteiger partial charge is 0.481 e. The van der Waals surface area contributed by atoms with Crippen molar-refractivity contribution in [3.63, 3.8) is 0 Å². The molecule has 1 unspecified atom stereocenters. The summed E-state index contributed by atoms with van der Waals surface area (Å²) in [5.41, 5.74) is -0.154. The van der Waals surface area contributed by atoms with Crippen LogP contribution in [-0.2, 0) is 14.4 Å². The number of hydrogen-bond acceptors (Lipinski definition) is 5. The van der Waals surface area contributed by atoms with Crippen molar-refractivity contribution < 1.29 is 24.3 Å². The number of nitriles is 1. The number of carboxylic acids is 1. The highest BCUT2D eigenvalue weighted by Gasteiger charge is 2.64. The van der Waals surface area contributed by atoms with Crippen LogP contribution >= 0.6 is 23.2 Å². The molecule has 2 aromatic rings. The van der Waals surface area contributed by atoms with Crippen LogP contribution in [0.3, 0.4) is 0 Å². The molecule has 2 aliphatic heterocycles. The Bertz CT molecular complexity index is 1260. The lowest BCUT2D eigenvalue weighted by Gasteiger charge is -2.33. The lowest BCUT2D eigenvalue weighted by molar-refractivity contribution is -0.140. The molecule has 2 atom stereocenters. The highest BCUT2D eigenvalue weighted by atomic mass is 35.5. The summed E-state index contributed by atoms with van der Waals surface area (Å²) in [6.07, 6.45) is -0.579. The molecule has 2 fully saturated rings. The fourth-order valence-corrected chi connectivity index (χ4v) is 5.28. The van der Waals surface area contributed by atoms with Gasteiger partial charge in [-0.25, -0.2) is 9.69 Å². The van der Waals surface area contributed by atoms with Crippen molar-refractivity contribution in [1.29, 1.82) is 5.26 Å². The summed E-state index contributed by atoms with van der Waals surface area (Å²) >= 11 is 12.2. The number of amides is 4. The average molecular weight is 515 g/mol. The van der Waals surface area contributed by atoms with Crippen LogP contribution in [0.5, 0.6) is 0 Å². The van der Waals surface area contributed by atoms with Crippen LogP contribution < -0.4 is 4.90 Å². The molecule has 11 heteroatoms. The standard InChI is InChI=1S/C24H20Cl2N4O5/c1-28-23(35)30(18-9-16(25)8-17(26)10-18)22(34)24(28)13-29(20(31)6-7-21(32)33)12-19(24)15-4-2-14(11-27)3-5-15/h2-5,8-10,19H,6-7,12-13H2,1H3,(H,32,33)/t19?,24-/m1/s1. The van der Waals surface area contributed by atoms with Gasteiger partial charge in [-0.1, -0.05) is 35.3 Å². The maximum atomic E-state index is 14.0. The molecule has 1 spiro atoms. The van der Waals surface area contributed by atoms with Crippen molar-refractivity contribution in [2.45, 2.75) is 24.3 Å². The number of aliphatic carboxylic acids is 1. The number of anilines is 1. The number of carboxylic acid groups (broad SMARTS) is 1. The summed E-state index contributed by atoms with van der Waals surface area (Å²) in [6, 6.07) is 12.4. The van der Waals surface area contributed by atoms with E-state index in [2.05, 4.69) is 0 Å². The molecular weight excluding hydrogens is 495 g/mol. The van der Waals surface area contributed by atoms with Gasteiger partial charge in [0.2, 0.25) is 5.91 Å². The Hall–Kier alpha value is -3.61. The lowest BCUT2D eigenvalue weighted by atomic mass is 9.80. The summed E-state index contributed by atoms with van der Waals surface area (Å²) in [5.74, 6) is -2.71. The van der Waals surface area contributed by atoms with Crippen molar-refractivity contribution >= 4 is 52.7 Å². The van der Waals surface area contributed by atoms with Crippen LogP contribution in [0.25, 0.3) is 0 Å². The van der Waals surface area contributed by atoms with Gasteiger partial charge in [0.25, 0.3) is 5.91 Å². The van der Waals surface area contributed by atoms with E-state index in [-0.39, 0.29) is 41.7 Å². The number of likely N-dealkylation sites (N-methyl/N-ethyl adjacent to an activating group) is 1. The summed E-state index contributed by atoms with van der Waals surface area (Å²) in [4.78, 5) is 55.0. The first-order chi connectivity index (χ1) is 16.6. The van der Waals surface area contributed by atoms with E-state index in [9.17, 15) is 19.2 Å². The summed E-state index contributed by atoms with van der Waals surface area (Å²) in [5, 5.41) is 18.6. The normalized spacial score (nSPS) is 21.7. The fraction of sp³-hybridized carbons (Fsp3) is 0.292. The Kier molecular flexibility index (Phi) is 6.45. The van der Waals surface area contributed by atoms with Crippen molar-refractivity contribution in [3.05, 3.63) is 63.6 Å². The zero-order valence-corrected chi connectivity index (χ0v) is 20.1. The molecule has 9 nitrogen and oxygen atoms in total. The molecular formula is C24H20Cl2N4O5. The smallest absolute Gasteiger partial charge is 0.332 e. The van der Waals surface area contributed by atoms with E-state index in [1.54, 1.807) is 24.3 Å². The third kappa shape index (κ3) is 4.20. The Morgan fingerprint density at radius 1 is 1.11 bits per heavy atom. The second kappa shape index (κ2) is 9.21. The maximum absolute atomic E-state index is 14.0. The minimum absolute atomic E-state index is 0.0951. The molecule has 0 aliphatic carbocycles. The van der Waals surface area contributed by atoms with E-state index in [1.165, 1.54) is 35.0 Å². The number of carbonyl (C=O) groups excluding carboxylic acids is 3. The zero-order valence-electron chi connectivity index (χ0n) is 18.6. The fourth-order valence-electron chi connectivity index (χ4n) is 4.77. The molecule has 2 saturated heterocycles. The predicted molar refractivity (Wildman–Crippen MR) is 127 cm³/mol. The number of urea groups is 1. The van der Waals surface area contributed by atoms with Crippen molar-refractivity contribution in [3.8, 4) is 6.07 Å². The van der Waals surface area contributed by atoms with E-state index in [0.29, 0.717) is 11.1 Å². The quantitative estimate of drug-likeness (QED) is 0.609. The average Bonchev–Trinajstić information content (AvgIpc) is 3.30. The van der Waals surface area contributed by atoms with Crippen LogP contribution in [-0.4, -0.2) is 64.4 Å². The number of likely N-dealkylation sites (tertiary alicyclic amines) is 1. The number of imide groups is 1. The number of rotatable bonds is 5. The van der Waals surface area contributed by atoms with Gasteiger partial charge in [-0.15, -0.1) is 0 Å². The van der Waals surface area contributed by atoms with Gasteiger partial charge in [0.1, 0.15) is 5.54 Å². The number of carbonyl (C=O) groups is 4. The first kappa shape index (κ1) is 24.5. The molecule has 0 aromatic heterocycles. The van der Waals surface area contributed by atoms with Gasteiger partial charge < -0.3 is 14.9 Å². The Labute approximate surface area is 211 Å². The molecule has 180 valence electrons. The first-order valence-electron chi connectivity index (χ1n) is 10.7. The molecule has 4 amide bonds. The molecule has 0 radical (unpaired) electrons. The zero-order chi connectivity index (χ0) is 25.5. The monoisotopic (exact) mass is 514 g/mol.